The Kier molecular flexibility index (Phi) is 4.79. The van der Waals surface area contributed by atoms with E-state index in [4.69, 9.17) is 4.98 Å². The maximum atomic E-state index is 4.90. The fraction of sp³-hybridized carbons (Fsp3) is 0.800. The molecule has 0 spiro atoms. The van der Waals surface area contributed by atoms with Crippen LogP contribution in [0.4, 0.5) is 0 Å². The minimum absolute atomic E-state index is 0.151. The molecule has 1 aliphatic rings. The van der Waals surface area contributed by atoms with E-state index in [0.29, 0.717) is 5.92 Å². The molecule has 1 aliphatic carbocycles. The molecule has 3 heteroatoms. The summed E-state index contributed by atoms with van der Waals surface area (Å²) in [6, 6.07) is 0. The van der Waals surface area contributed by atoms with Crippen molar-refractivity contribution >= 4 is 11.3 Å². The molecule has 0 atom stereocenters. The van der Waals surface area contributed by atoms with Crippen LogP contribution in [-0.2, 0) is 5.54 Å². The average Bonchev–Trinajstić information content (AvgIpc) is 2.80. The molecule has 0 bridgehead atoms. The van der Waals surface area contributed by atoms with Crippen molar-refractivity contribution < 1.29 is 0 Å². The Hall–Kier alpha value is -0.410. The summed E-state index contributed by atoms with van der Waals surface area (Å²) in [7, 11) is 2.11. The maximum absolute atomic E-state index is 4.90. The van der Waals surface area contributed by atoms with Crippen LogP contribution in [0, 0.1) is 0 Å². The lowest BCUT2D eigenvalue weighted by atomic mass is 9.84. The number of nitrogens with zero attached hydrogens (tertiary/aromatic N) is 1. The van der Waals surface area contributed by atoms with Gasteiger partial charge in [-0.15, -0.1) is 11.3 Å². The largest absolute Gasteiger partial charge is 0.308 e. The summed E-state index contributed by atoms with van der Waals surface area (Å²) < 4.78 is 0. The summed E-state index contributed by atoms with van der Waals surface area (Å²) in [5, 5.41) is 7.16. The second-order valence-electron chi connectivity index (χ2n) is 5.83. The lowest BCUT2D eigenvalue weighted by Crippen LogP contribution is -2.40. The first kappa shape index (κ1) is 14.0. The van der Waals surface area contributed by atoms with Gasteiger partial charge in [0, 0.05) is 5.38 Å². The summed E-state index contributed by atoms with van der Waals surface area (Å²) >= 11 is 1.85. The van der Waals surface area contributed by atoms with Crippen molar-refractivity contribution in [2.75, 3.05) is 7.05 Å². The van der Waals surface area contributed by atoms with Crippen molar-refractivity contribution in [1.29, 1.82) is 0 Å². The van der Waals surface area contributed by atoms with Crippen LogP contribution in [0.25, 0.3) is 0 Å². The molecule has 0 radical (unpaired) electrons. The highest BCUT2D eigenvalue weighted by Gasteiger charge is 2.33. The van der Waals surface area contributed by atoms with Crippen LogP contribution in [-0.4, -0.2) is 12.0 Å². The van der Waals surface area contributed by atoms with Crippen LogP contribution in [0.2, 0.25) is 0 Å². The molecular formula is C15H26N2S. The van der Waals surface area contributed by atoms with Crippen molar-refractivity contribution in [1.82, 2.24) is 10.3 Å². The number of thiazole rings is 1. The first-order chi connectivity index (χ1) is 8.68. The molecule has 1 aromatic rings. The number of hydrogen-bond acceptors (Lipinski definition) is 3. The summed E-state index contributed by atoms with van der Waals surface area (Å²) in [4.78, 5) is 4.90. The van der Waals surface area contributed by atoms with E-state index in [0.717, 1.165) is 0 Å². The van der Waals surface area contributed by atoms with Gasteiger partial charge in [-0.1, -0.05) is 46.0 Å². The predicted molar refractivity (Wildman–Crippen MR) is 79.3 cm³/mol. The second kappa shape index (κ2) is 6.16. The van der Waals surface area contributed by atoms with Gasteiger partial charge in [-0.3, -0.25) is 0 Å². The minimum atomic E-state index is 0.151. The molecule has 1 aromatic heterocycles. The lowest BCUT2D eigenvalue weighted by molar-refractivity contribution is 0.269. The Morgan fingerprint density at radius 3 is 2.28 bits per heavy atom. The number of nitrogens with one attached hydrogen (secondary N) is 1. The zero-order valence-electron chi connectivity index (χ0n) is 12.0. The van der Waals surface area contributed by atoms with Crippen LogP contribution < -0.4 is 5.32 Å². The van der Waals surface area contributed by atoms with E-state index in [1.165, 1.54) is 55.6 Å². The third-order valence-electron chi connectivity index (χ3n) is 4.21. The highest BCUT2D eigenvalue weighted by Crippen LogP contribution is 2.37. The molecule has 0 amide bonds. The molecule has 1 fully saturated rings. The zero-order chi connectivity index (χ0) is 13.0. The number of aromatic nitrogens is 1. The van der Waals surface area contributed by atoms with Crippen LogP contribution in [0.5, 0.6) is 0 Å². The SMILES string of the molecule is CNC1(c2nc(C(C)C)cs2)CCCCCCC1. The smallest absolute Gasteiger partial charge is 0.113 e. The van der Waals surface area contributed by atoms with Gasteiger partial charge in [-0.25, -0.2) is 4.98 Å². The monoisotopic (exact) mass is 266 g/mol. The van der Waals surface area contributed by atoms with Gasteiger partial charge in [0.2, 0.25) is 0 Å². The minimum Gasteiger partial charge on any atom is -0.308 e. The van der Waals surface area contributed by atoms with Gasteiger partial charge in [0.25, 0.3) is 0 Å². The molecule has 102 valence electrons. The maximum Gasteiger partial charge on any atom is 0.113 e. The average molecular weight is 266 g/mol. The van der Waals surface area contributed by atoms with E-state index in [2.05, 4.69) is 31.6 Å². The zero-order valence-corrected chi connectivity index (χ0v) is 12.8. The summed E-state index contributed by atoms with van der Waals surface area (Å²) in [6.07, 6.45) is 9.32. The molecule has 0 unspecified atom stereocenters. The standard InChI is InChI=1S/C15H26N2S/c1-12(2)13-11-18-14(17-13)15(16-3)9-7-5-4-6-8-10-15/h11-12,16H,4-10H2,1-3H3. The Labute approximate surface area is 115 Å². The number of rotatable bonds is 3. The first-order valence-electron chi connectivity index (χ1n) is 7.33. The van der Waals surface area contributed by atoms with Crippen LogP contribution in [0.3, 0.4) is 0 Å². The molecule has 1 heterocycles. The molecule has 1 N–H and O–H groups in total. The fourth-order valence-corrected chi connectivity index (χ4v) is 4.10. The molecular weight excluding hydrogens is 240 g/mol. The lowest BCUT2D eigenvalue weighted by Gasteiger charge is -2.33. The fourth-order valence-electron chi connectivity index (χ4n) is 2.85. The summed E-state index contributed by atoms with van der Waals surface area (Å²) in [5.74, 6) is 0.539. The third-order valence-corrected chi connectivity index (χ3v) is 5.27. The Morgan fingerprint density at radius 2 is 1.78 bits per heavy atom. The highest BCUT2D eigenvalue weighted by molar-refractivity contribution is 7.09. The molecule has 0 aromatic carbocycles. The third kappa shape index (κ3) is 2.94. The van der Waals surface area contributed by atoms with Crippen LogP contribution in [0.1, 0.15) is 75.4 Å². The number of hydrogen-bond donors (Lipinski definition) is 1. The van der Waals surface area contributed by atoms with Crippen molar-refractivity contribution in [2.45, 2.75) is 70.3 Å². The molecule has 0 aliphatic heterocycles. The van der Waals surface area contributed by atoms with Crippen molar-refractivity contribution in [3.8, 4) is 0 Å². The topological polar surface area (TPSA) is 24.9 Å². The van der Waals surface area contributed by atoms with Crippen molar-refractivity contribution in [3.63, 3.8) is 0 Å². The quantitative estimate of drug-likeness (QED) is 0.875. The van der Waals surface area contributed by atoms with E-state index in [9.17, 15) is 0 Å². The molecule has 0 saturated heterocycles. The van der Waals surface area contributed by atoms with Gasteiger partial charge >= 0.3 is 0 Å². The van der Waals surface area contributed by atoms with Gasteiger partial charge in [0.1, 0.15) is 5.01 Å². The molecule has 2 nitrogen and oxygen atoms in total. The van der Waals surface area contributed by atoms with Crippen LogP contribution in [0.15, 0.2) is 5.38 Å². The summed E-state index contributed by atoms with van der Waals surface area (Å²) in [6.45, 7) is 4.45. The van der Waals surface area contributed by atoms with Crippen molar-refractivity contribution in [2.24, 2.45) is 0 Å². The van der Waals surface area contributed by atoms with E-state index in [1.807, 2.05) is 11.3 Å². The Balaban J connectivity index is 2.22. The van der Waals surface area contributed by atoms with Gasteiger partial charge in [0.05, 0.1) is 11.2 Å². The normalized spacial score (nSPS) is 20.7. The Morgan fingerprint density at radius 1 is 1.17 bits per heavy atom. The summed E-state index contributed by atoms with van der Waals surface area (Å²) in [5.41, 5.74) is 1.41. The Bertz CT molecular complexity index is 362. The van der Waals surface area contributed by atoms with Gasteiger partial charge in [-0.2, -0.15) is 0 Å². The highest BCUT2D eigenvalue weighted by atomic mass is 32.1. The van der Waals surface area contributed by atoms with E-state index >= 15 is 0 Å². The van der Waals surface area contributed by atoms with Crippen LogP contribution >= 0.6 is 11.3 Å². The second-order valence-corrected chi connectivity index (χ2v) is 6.69. The molecule has 18 heavy (non-hydrogen) atoms. The van der Waals surface area contributed by atoms with E-state index < -0.39 is 0 Å². The molecule has 2 rings (SSSR count). The van der Waals surface area contributed by atoms with Gasteiger partial charge < -0.3 is 5.32 Å². The molecule has 1 saturated carbocycles. The van der Waals surface area contributed by atoms with E-state index in [1.54, 1.807) is 0 Å². The van der Waals surface area contributed by atoms with Gasteiger partial charge in [0.15, 0.2) is 0 Å². The van der Waals surface area contributed by atoms with Crippen molar-refractivity contribution in [3.05, 3.63) is 16.1 Å². The first-order valence-corrected chi connectivity index (χ1v) is 8.21. The predicted octanol–water partition coefficient (Wildman–Crippen LogP) is 4.43. The van der Waals surface area contributed by atoms with E-state index in [-0.39, 0.29) is 5.54 Å². The van der Waals surface area contributed by atoms with Gasteiger partial charge in [-0.05, 0) is 25.8 Å².